The van der Waals surface area contributed by atoms with Gasteiger partial charge in [-0.2, -0.15) is 0 Å². The monoisotopic (exact) mass is 481 g/mol. The lowest BCUT2D eigenvalue weighted by atomic mass is 10.0. The van der Waals surface area contributed by atoms with Gasteiger partial charge in [-0.05, 0) is 48.2 Å². The van der Waals surface area contributed by atoms with E-state index in [9.17, 15) is 19.2 Å². The summed E-state index contributed by atoms with van der Waals surface area (Å²) in [7, 11) is 1.66. The first kappa shape index (κ1) is 23.5. The van der Waals surface area contributed by atoms with E-state index in [1.54, 1.807) is 43.4 Å². The summed E-state index contributed by atoms with van der Waals surface area (Å²) in [4.78, 5) is 55.0. The molecule has 1 fully saturated rings. The molecule has 5 rings (SSSR count). The van der Waals surface area contributed by atoms with Crippen LogP contribution in [0.4, 0.5) is 0 Å². The van der Waals surface area contributed by atoms with Gasteiger partial charge in [0.2, 0.25) is 5.91 Å². The average Bonchev–Trinajstić information content (AvgIpc) is 3.68. The van der Waals surface area contributed by atoms with Crippen molar-refractivity contribution in [2.45, 2.75) is 37.9 Å². The van der Waals surface area contributed by atoms with E-state index in [1.807, 2.05) is 42.5 Å². The Morgan fingerprint density at radius 3 is 2.03 bits per heavy atom. The molecule has 1 aliphatic heterocycles. The molecule has 0 spiro atoms. The molecule has 3 aromatic rings. The van der Waals surface area contributed by atoms with Crippen molar-refractivity contribution in [3.05, 3.63) is 107 Å². The number of hydrogen-bond acceptors (Lipinski definition) is 4. The van der Waals surface area contributed by atoms with Crippen LogP contribution in [0.25, 0.3) is 0 Å². The number of nitrogens with zero attached hydrogens (tertiary/aromatic N) is 2. The van der Waals surface area contributed by atoms with Gasteiger partial charge in [0.15, 0.2) is 0 Å². The van der Waals surface area contributed by atoms with E-state index in [1.165, 1.54) is 4.90 Å². The van der Waals surface area contributed by atoms with Crippen molar-refractivity contribution in [1.29, 1.82) is 0 Å². The maximum absolute atomic E-state index is 13.7. The van der Waals surface area contributed by atoms with Crippen molar-refractivity contribution in [2.24, 2.45) is 0 Å². The Bertz CT molecular complexity index is 1280. The van der Waals surface area contributed by atoms with Crippen molar-refractivity contribution in [3.8, 4) is 0 Å². The number of fused-ring (bicyclic) bond motifs is 1. The second-order valence-corrected chi connectivity index (χ2v) is 9.37. The number of benzene rings is 3. The van der Waals surface area contributed by atoms with E-state index in [2.05, 4.69) is 5.32 Å². The van der Waals surface area contributed by atoms with Crippen molar-refractivity contribution in [3.63, 3.8) is 0 Å². The lowest BCUT2D eigenvalue weighted by Crippen LogP contribution is -2.51. The minimum Gasteiger partial charge on any atom is -0.349 e. The maximum atomic E-state index is 13.7. The summed E-state index contributed by atoms with van der Waals surface area (Å²) in [5.41, 5.74) is 2.90. The average molecular weight is 482 g/mol. The third kappa shape index (κ3) is 4.77. The molecule has 1 atom stereocenters. The number of likely N-dealkylation sites (N-methyl/N-ethyl adjacent to an activating group) is 1. The van der Waals surface area contributed by atoms with Gasteiger partial charge in [0.05, 0.1) is 11.1 Å². The molecule has 7 nitrogen and oxygen atoms in total. The molecular formula is C29H27N3O4. The predicted molar refractivity (Wildman–Crippen MR) is 134 cm³/mol. The highest BCUT2D eigenvalue weighted by molar-refractivity contribution is 6.22. The zero-order valence-electron chi connectivity index (χ0n) is 20.0. The van der Waals surface area contributed by atoms with Crippen molar-refractivity contribution in [1.82, 2.24) is 15.1 Å². The molecule has 1 unspecified atom stereocenters. The van der Waals surface area contributed by atoms with E-state index in [-0.39, 0.29) is 30.8 Å². The van der Waals surface area contributed by atoms with Crippen LogP contribution in [-0.4, -0.2) is 52.6 Å². The molecule has 7 heteroatoms. The van der Waals surface area contributed by atoms with Gasteiger partial charge in [-0.1, -0.05) is 54.6 Å². The van der Waals surface area contributed by atoms with Gasteiger partial charge in [-0.3, -0.25) is 24.1 Å². The minimum absolute atomic E-state index is 0.0953. The van der Waals surface area contributed by atoms with E-state index < -0.39 is 17.9 Å². The first-order chi connectivity index (χ1) is 17.4. The number of amides is 4. The fourth-order valence-electron chi connectivity index (χ4n) is 4.48. The van der Waals surface area contributed by atoms with Crippen molar-refractivity contribution in [2.75, 3.05) is 7.05 Å². The van der Waals surface area contributed by atoms with Crippen LogP contribution in [0, 0.1) is 0 Å². The van der Waals surface area contributed by atoms with Crippen LogP contribution >= 0.6 is 0 Å². The third-order valence-corrected chi connectivity index (χ3v) is 6.62. The third-order valence-electron chi connectivity index (χ3n) is 6.62. The van der Waals surface area contributed by atoms with Gasteiger partial charge in [-0.15, -0.1) is 0 Å². The molecule has 0 saturated heterocycles. The Hall–Kier alpha value is -4.26. The van der Waals surface area contributed by atoms with Gasteiger partial charge in [0.25, 0.3) is 17.7 Å². The van der Waals surface area contributed by atoms with Gasteiger partial charge in [0.1, 0.15) is 6.04 Å². The highest BCUT2D eigenvalue weighted by Gasteiger charge is 2.43. The fraction of sp³-hybridized carbons (Fsp3) is 0.241. The molecule has 3 aromatic carbocycles. The van der Waals surface area contributed by atoms with Crippen LogP contribution < -0.4 is 5.32 Å². The van der Waals surface area contributed by atoms with Crippen molar-refractivity contribution < 1.29 is 19.2 Å². The van der Waals surface area contributed by atoms with Gasteiger partial charge < -0.3 is 10.2 Å². The Morgan fingerprint density at radius 2 is 1.44 bits per heavy atom. The summed E-state index contributed by atoms with van der Waals surface area (Å²) >= 11 is 0. The summed E-state index contributed by atoms with van der Waals surface area (Å²) in [5, 5.41) is 2.96. The summed E-state index contributed by atoms with van der Waals surface area (Å²) < 4.78 is 0. The van der Waals surface area contributed by atoms with E-state index >= 15 is 0 Å². The van der Waals surface area contributed by atoms with Gasteiger partial charge in [-0.25, -0.2) is 0 Å². The summed E-state index contributed by atoms with van der Waals surface area (Å²) in [6.45, 7) is 0.276. The molecule has 2 aliphatic rings. The Labute approximate surface area is 209 Å². The number of nitrogens with one attached hydrogen (secondary N) is 1. The van der Waals surface area contributed by atoms with Gasteiger partial charge >= 0.3 is 0 Å². The number of carbonyl (C=O) groups excluding carboxylic acids is 4. The molecule has 1 N–H and O–H groups in total. The topological polar surface area (TPSA) is 86.8 Å². The molecule has 1 heterocycles. The predicted octanol–water partition coefficient (Wildman–Crippen LogP) is 3.44. The standard InChI is InChI=1S/C29H27N3O4/c1-31(18-20-11-13-21(14-12-20)26(33)30-22-15-16-22)29(36)25(17-19-7-3-2-4-8-19)32-27(34)23-9-5-6-10-24(23)28(32)35/h2-14,22,25H,15-18H2,1H3,(H,30,33). The summed E-state index contributed by atoms with van der Waals surface area (Å²) in [6, 6.07) is 22.5. The quantitative estimate of drug-likeness (QED) is 0.500. The number of carbonyl (C=O) groups is 4. The Kier molecular flexibility index (Phi) is 6.38. The van der Waals surface area contributed by atoms with Crippen LogP contribution in [0.5, 0.6) is 0 Å². The lowest BCUT2D eigenvalue weighted by molar-refractivity contribution is -0.134. The number of imide groups is 1. The molecule has 1 aliphatic carbocycles. The van der Waals surface area contributed by atoms with Crippen LogP contribution in [-0.2, 0) is 17.8 Å². The summed E-state index contributed by atoms with van der Waals surface area (Å²) in [5.74, 6) is -1.33. The normalized spacial score (nSPS) is 15.4. The zero-order valence-corrected chi connectivity index (χ0v) is 20.0. The molecule has 36 heavy (non-hydrogen) atoms. The second kappa shape index (κ2) is 9.77. The Balaban J connectivity index is 1.35. The minimum atomic E-state index is -0.978. The molecular weight excluding hydrogens is 454 g/mol. The molecule has 0 bridgehead atoms. The summed E-state index contributed by atoms with van der Waals surface area (Å²) in [6.07, 6.45) is 2.26. The van der Waals surface area contributed by atoms with E-state index in [0.29, 0.717) is 16.7 Å². The molecule has 1 saturated carbocycles. The second-order valence-electron chi connectivity index (χ2n) is 9.37. The smallest absolute Gasteiger partial charge is 0.262 e. The number of hydrogen-bond donors (Lipinski definition) is 1. The van der Waals surface area contributed by atoms with Gasteiger partial charge in [0, 0.05) is 31.6 Å². The fourth-order valence-corrected chi connectivity index (χ4v) is 4.48. The van der Waals surface area contributed by atoms with Crippen LogP contribution in [0.15, 0.2) is 78.9 Å². The molecule has 0 aromatic heterocycles. The van der Waals surface area contributed by atoms with Crippen LogP contribution in [0.3, 0.4) is 0 Å². The number of rotatable bonds is 8. The molecule has 0 radical (unpaired) electrons. The highest BCUT2D eigenvalue weighted by atomic mass is 16.2. The zero-order chi connectivity index (χ0) is 25.2. The SMILES string of the molecule is CN(Cc1ccc(C(=O)NC2CC2)cc1)C(=O)C(Cc1ccccc1)N1C(=O)c2ccccc2C1=O. The van der Waals surface area contributed by atoms with Crippen LogP contribution in [0.2, 0.25) is 0 Å². The molecule has 182 valence electrons. The largest absolute Gasteiger partial charge is 0.349 e. The van der Waals surface area contributed by atoms with E-state index in [4.69, 9.17) is 0 Å². The lowest BCUT2D eigenvalue weighted by Gasteiger charge is -2.29. The van der Waals surface area contributed by atoms with E-state index in [0.717, 1.165) is 28.9 Å². The first-order valence-corrected chi connectivity index (χ1v) is 12.1. The highest BCUT2D eigenvalue weighted by Crippen LogP contribution is 2.27. The maximum Gasteiger partial charge on any atom is 0.262 e. The van der Waals surface area contributed by atoms with Crippen molar-refractivity contribution >= 4 is 23.6 Å². The Morgan fingerprint density at radius 1 is 0.861 bits per heavy atom. The molecule has 4 amide bonds. The first-order valence-electron chi connectivity index (χ1n) is 12.1. The van der Waals surface area contributed by atoms with Crippen LogP contribution in [0.1, 0.15) is 55.0 Å².